The van der Waals surface area contributed by atoms with Gasteiger partial charge in [0.1, 0.15) is 0 Å². The van der Waals surface area contributed by atoms with Crippen molar-refractivity contribution in [1.82, 2.24) is 20.9 Å². The molecule has 30 heavy (non-hydrogen) atoms. The molecule has 1 aromatic rings. The Morgan fingerprint density at radius 1 is 1.20 bits per heavy atom. The van der Waals surface area contributed by atoms with Crippen molar-refractivity contribution in [3.8, 4) is 0 Å². The maximum absolute atomic E-state index is 11.8. The van der Waals surface area contributed by atoms with E-state index in [-0.39, 0.29) is 5.91 Å². The van der Waals surface area contributed by atoms with Crippen molar-refractivity contribution in [2.24, 2.45) is 10.9 Å². The smallest absolute Gasteiger partial charge is 0.251 e. The van der Waals surface area contributed by atoms with Crippen LogP contribution in [0.15, 0.2) is 54.6 Å². The van der Waals surface area contributed by atoms with E-state index in [2.05, 4.69) is 54.8 Å². The summed E-state index contributed by atoms with van der Waals surface area (Å²) in [4.78, 5) is 19.0. The topological polar surface area (TPSA) is 68.8 Å². The lowest BCUT2D eigenvalue weighted by molar-refractivity contribution is 0.0963. The van der Waals surface area contributed by atoms with Crippen molar-refractivity contribution in [3.05, 3.63) is 60.7 Å². The van der Waals surface area contributed by atoms with Crippen LogP contribution in [0.1, 0.15) is 36.7 Å². The first-order valence-electron chi connectivity index (χ1n) is 10.8. The number of benzene rings is 1. The van der Waals surface area contributed by atoms with E-state index in [9.17, 15) is 4.79 Å². The number of rotatable bonds is 13. The lowest BCUT2D eigenvalue weighted by atomic mass is 10.0. The first-order valence-corrected chi connectivity index (χ1v) is 10.8. The van der Waals surface area contributed by atoms with Crippen LogP contribution in [0.5, 0.6) is 0 Å². The number of aliphatic imine (C=N–C) groups is 1. The fourth-order valence-corrected chi connectivity index (χ4v) is 3.29. The number of carbonyl (C=O) groups excluding carboxylic acids is 1. The molecule has 6 heteroatoms. The molecule has 1 rings (SSSR count). The number of hydrogen-bond acceptors (Lipinski definition) is 3. The summed E-state index contributed by atoms with van der Waals surface area (Å²) in [6, 6.07) is 8.02. The molecule has 0 heterocycles. The number of carbonyl (C=O) groups is 1. The van der Waals surface area contributed by atoms with Crippen LogP contribution in [0.2, 0.25) is 0 Å². The van der Waals surface area contributed by atoms with E-state index >= 15 is 0 Å². The molecule has 0 spiro atoms. The Bertz CT molecular complexity index is 689. The second-order valence-electron chi connectivity index (χ2n) is 7.52. The third-order valence-corrected chi connectivity index (χ3v) is 4.87. The van der Waals surface area contributed by atoms with E-state index in [1.165, 1.54) is 0 Å². The zero-order chi connectivity index (χ0) is 22.4. The summed E-state index contributed by atoms with van der Waals surface area (Å²) in [6.07, 6.45) is 4.67. The molecule has 0 radical (unpaired) electrons. The van der Waals surface area contributed by atoms with Gasteiger partial charge in [-0.25, -0.2) is 0 Å². The van der Waals surface area contributed by atoms with Gasteiger partial charge in [-0.15, -0.1) is 13.2 Å². The SMILES string of the molecule is C=CCN(CC=C)C(CN=C(NCC)NCCc1cccc(C(=O)NC)c1)C(C)C. The van der Waals surface area contributed by atoms with Crippen LogP contribution >= 0.6 is 0 Å². The normalized spacial score (nSPS) is 12.5. The van der Waals surface area contributed by atoms with Gasteiger partial charge >= 0.3 is 0 Å². The molecule has 1 atom stereocenters. The van der Waals surface area contributed by atoms with Gasteiger partial charge in [0.25, 0.3) is 5.91 Å². The monoisotopic (exact) mass is 413 g/mol. The Balaban J connectivity index is 2.75. The van der Waals surface area contributed by atoms with Crippen LogP contribution in [-0.4, -0.2) is 62.6 Å². The van der Waals surface area contributed by atoms with Gasteiger partial charge in [-0.1, -0.05) is 38.1 Å². The van der Waals surface area contributed by atoms with Crippen molar-refractivity contribution in [2.75, 3.05) is 39.8 Å². The number of nitrogens with zero attached hydrogens (tertiary/aromatic N) is 2. The van der Waals surface area contributed by atoms with Gasteiger partial charge in [0.05, 0.1) is 6.54 Å². The predicted octanol–water partition coefficient (Wildman–Crippen LogP) is 2.84. The zero-order valence-electron chi connectivity index (χ0n) is 19.1. The maximum Gasteiger partial charge on any atom is 0.251 e. The number of guanidine groups is 1. The zero-order valence-corrected chi connectivity index (χ0v) is 19.1. The fraction of sp³-hybridized carbons (Fsp3) is 0.500. The molecule has 166 valence electrons. The van der Waals surface area contributed by atoms with Crippen molar-refractivity contribution in [2.45, 2.75) is 33.2 Å². The minimum Gasteiger partial charge on any atom is -0.357 e. The highest BCUT2D eigenvalue weighted by Crippen LogP contribution is 2.12. The third-order valence-electron chi connectivity index (χ3n) is 4.87. The van der Waals surface area contributed by atoms with Gasteiger partial charge in [-0.2, -0.15) is 0 Å². The Labute approximate surface area is 182 Å². The van der Waals surface area contributed by atoms with Crippen LogP contribution < -0.4 is 16.0 Å². The molecule has 0 saturated heterocycles. The van der Waals surface area contributed by atoms with E-state index in [0.717, 1.165) is 44.1 Å². The van der Waals surface area contributed by atoms with Gasteiger partial charge in [0.2, 0.25) is 0 Å². The highest BCUT2D eigenvalue weighted by molar-refractivity contribution is 5.94. The standard InChI is InChI=1S/C24H39N5O/c1-7-15-29(16-8-2)22(19(4)5)18-28-24(26-9-3)27-14-13-20-11-10-12-21(17-20)23(30)25-6/h7-8,10-12,17,19,22H,1-2,9,13-16,18H2,3-6H3,(H,25,30)(H2,26,27,28). The number of nitrogens with one attached hydrogen (secondary N) is 3. The van der Waals surface area contributed by atoms with Gasteiger partial charge < -0.3 is 16.0 Å². The van der Waals surface area contributed by atoms with Crippen molar-refractivity contribution >= 4 is 11.9 Å². The molecule has 3 N–H and O–H groups in total. The molecule has 0 aromatic heterocycles. The third kappa shape index (κ3) is 8.82. The highest BCUT2D eigenvalue weighted by atomic mass is 16.1. The first-order chi connectivity index (χ1) is 14.5. The van der Waals surface area contributed by atoms with Gasteiger partial charge in [0.15, 0.2) is 5.96 Å². The average molecular weight is 414 g/mol. The summed E-state index contributed by atoms with van der Waals surface area (Å²) < 4.78 is 0. The number of amides is 1. The molecule has 0 bridgehead atoms. The Kier molecular flexibility index (Phi) is 12.2. The van der Waals surface area contributed by atoms with Crippen LogP contribution in [-0.2, 0) is 6.42 Å². The Morgan fingerprint density at radius 3 is 2.47 bits per heavy atom. The second-order valence-corrected chi connectivity index (χ2v) is 7.52. The molecule has 6 nitrogen and oxygen atoms in total. The molecule has 0 aliphatic heterocycles. The van der Waals surface area contributed by atoms with E-state index in [1.54, 1.807) is 7.05 Å². The lowest BCUT2D eigenvalue weighted by Crippen LogP contribution is -2.43. The molecular formula is C24H39N5O. The largest absolute Gasteiger partial charge is 0.357 e. The van der Waals surface area contributed by atoms with E-state index < -0.39 is 0 Å². The first kappa shape index (κ1) is 25.4. The predicted molar refractivity (Wildman–Crippen MR) is 128 cm³/mol. The summed E-state index contributed by atoms with van der Waals surface area (Å²) in [5.74, 6) is 1.20. The van der Waals surface area contributed by atoms with Gasteiger partial charge in [-0.3, -0.25) is 14.7 Å². The summed E-state index contributed by atoms with van der Waals surface area (Å²) in [7, 11) is 1.64. The van der Waals surface area contributed by atoms with Crippen LogP contribution in [0.3, 0.4) is 0 Å². The minimum absolute atomic E-state index is 0.0666. The fourth-order valence-electron chi connectivity index (χ4n) is 3.29. The summed E-state index contributed by atoms with van der Waals surface area (Å²) >= 11 is 0. The van der Waals surface area contributed by atoms with Gasteiger partial charge in [-0.05, 0) is 37.0 Å². The van der Waals surface area contributed by atoms with E-state index in [1.807, 2.05) is 36.4 Å². The van der Waals surface area contributed by atoms with Crippen LogP contribution in [0.25, 0.3) is 0 Å². The van der Waals surface area contributed by atoms with Crippen LogP contribution in [0.4, 0.5) is 0 Å². The van der Waals surface area contributed by atoms with Crippen molar-refractivity contribution in [3.63, 3.8) is 0 Å². The average Bonchev–Trinajstić information content (AvgIpc) is 2.73. The molecular weight excluding hydrogens is 374 g/mol. The Morgan fingerprint density at radius 2 is 1.90 bits per heavy atom. The number of hydrogen-bond donors (Lipinski definition) is 3. The summed E-state index contributed by atoms with van der Waals surface area (Å²) in [5.41, 5.74) is 1.79. The Hall–Kier alpha value is -2.60. The van der Waals surface area contributed by atoms with Crippen molar-refractivity contribution in [1.29, 1.82) is 0 Å². The van der Waals surface area contributed by atoms with E-state index in [4.69, 9.17) is 4.99 Å². The summed E-state index contributed by atoms with van der Waals surface area (Å²) in [6.45, 7) is 18.1. The van der Waals surface area contributed by atoms with E-state index in [0.29, 0.717) is 24.1 Å². The highest BCUT2D eigenvalue weighted by Gasteiger charge is 2.20. The molecule has 0 saturated carbocycles. The quantitative estimate of drug-likeness (QED) is 0.264. The minimum atomic E-state index is -0.0666. The second kappa shape index (κ2) is 14.4. The summed E-state index contributed by atoms with van der Waals surface area (Å²) in [5, 5.41) is 9.39. The molecule has 0 aliphatic carbocycles. The molecule has 0 fully saturated rings. The molecule has 1 unspecified atom stereocenters. The van der Waals surface area contributed by atoms with Crippen LogP contribution in [0, 0.1) is 5.92 Å². The molecule has 1 aromatic carbocycles. The lowest BCUT2D eigenvalue weighted by Gasteiger charge is -2.32. The van der Waals surface area contributed by atoms with Crippen molar-refractivity contribution < 1.29 is 4.79 Å². The van der Waals surface area contributed by atoms with Gasteiger partial charge in [0, 0.05) is 44.8 Å². The maximum atomic E-state index is 11.8. The molecule has 1 amide bonds. The molecule has 0 aliphatic rings.